The van der Waals surface area contributed by atoms with E-state index < -0.39 is 0 Å². The highest BCUT2D eigenvalue weighted by atomic mass is 32.2. The fraction of sp³-hybridized carbons (Fsp3) is 0.727. The zero-order chi connectivity index (χ0) is 12.1. The van der Waals surface area contributed by atoms with E-state index in [1.807, 2.05) is 0 Å². The monoisotopic (exact) mass is 268 g/mol. The molecule has 1 aromatic heterocycles. The molecule has 17 heavy (non-hydrogen) atoms. The maximum absolute atomic E-state index is 9.37. The van der Waals surface area contributed by atoms with Gasteiger partial charge in [-0.25, -0.2) is 0 Å². The van der Waals surface area contributed by atoms with Crippen LogP contribution in [0.1, 0.15) is 32.6 Å². The number of rotatable bonds is 4. The molecule has 0 amide bonds. The molecule has 92 valence electrons. The third-order valence-corrected chi connectivity index (χ3v) is 5.12. The summed E-state index contributed by atoms with van der Waals surface area (Å²) in [5.41, 5.74) is 1.43. The Labute approximate surface area is 110 Å². The van der Waals surface area contributed by atoms with Crippen molar-refractivity contribution in [2.24, 2.45) is 0 Å². The van der Waals surface area contributed by atoms with Crippen molar-refractivity contribution in [1.82, 2.24) is 15.5 Å². The average Bonchev–Trinajstić information content (AvgIpc) is 2.83. The Kier molecular flexibility index (Phi) is 4.37. The van der Waals surface area contributed by atoms with Gasteiger partial charge in [-0.2, -0.15) is 5.26 Å². The van der Waals surface area contributed by atoms with Gasteiger partial charge in [-0.1, -0.05) is 30.0 Å². The molecule has 0 aromatic carbocycles. The summed E-state index contributed by atoms with van der Waals surface area (Å²) < 4.78 is 1.01. The second-order valence-corrected chi connectivity index (χ2v) is 6.65. The summed E-state index contributed by atoms with van der Waals surface area (Å²) in [5.74, 6) is 0. The third kappa shape index (κ3) is 3.18. The van der Waals surface area contributed by atoms with Crippen molar-refractivity contribution in [2.75, 3.05) is 6.54 Å². The van der Waals surface area contributed by atoms with Crippen LogP contribution in [0.2, 0.25) is 0 Å². The van der Waals surface area contributed by atoms with Crippen LogP contribution < -0.4 is 5.32 Å². The summed E-state index contributed by atoms with van der Waals surface area (Å²) in [6.45, 7) is 2.91. The molecule has 2 unspecified atom stereocenters. The van der Waals surface area contributed by atoms with Crippen molar-refractivity contribution in [2.45, 2.75) is 47.7 Å². The normalized spacial score (nSPS) is 28.8. The van der Waals surface area contributed by atoms with E-state index in [0.717, 1.165) is 30.1 Å². The van der Waals surface area contributed by atoms with Gasteiger partial charge in [-0.15, -0.1) is 10.2 Å². The molecule has 4 nitrogen and oxygen atoms in total. The first-order valence-electron chi connectivity index (χ1n) is 5.87. The van der Waals surface area contributed by atoms with Crippen molar-refractivity contribution in [3.8, 4) is 6.07 Å². The lowest BCUT2D eigenvalue weighted by Gasteiger charge is -2.35. The Morgan fingerprint density at radius 2 is 2.65 bits per heavy atom. The molecule has 1 aliphatic rings. The van der Waals surface area contributed by atoms with Crippen molar-refractivity contribution in [3.63, 3.8) is 0 Å². The van der Waals surface area contributed by atoms with Gasteiger partial charge in [0.25, 0.3) is 0 Å². The third-order valence-electron chi connectivity index (χ3n) is 3.04. The Morgan fingerprint density at radius 1 is 1.76 bits per heavy atom. The summed E-state index contributed by atoms with van der Waals surface area (Å²) in [6.07, 6.45) is 4.14. The molecular formula is C11H16N4S2. The summed E-state index contributed by atoms with van der Waals surface area (Å²) in [6, 6.07) is 2.47. The van der Waals surface area contributed by atoms with Crippen molar-refractivity contribution in [3.05, 3.63) is 5.51 Å². The first-order valence-corrected chi connectivity index (χ1v) is 7.63. The molecule has 1 fully saturated rings. The van der Waals surface area contributed by atoms with Crippen LogP contribution in [-0.4, -0.2) is 27.5 Å². The topological polar surface area (TPSA) is 61.6 Å². The van der Waals surface area contributed by atoms with Gasteiger partial charge in [0.2, 0.25) is 0 Å². The summed E-state index contributed by atoms with van der Waals surface area (Å²) in [7, 11) is 0. The molecule has 1 saturated carbocycles. The van der Waals surface area contributed by atoms with Crippen LogP contribution in [0.4, 0.5) is 0 Å². The smallest absolute Gasteiger partial charge is 0.174 e. The van der Waals surface area contributed by atoms with Gasteiger partial charge < -0.3 is 0 Å². The average molecular weight is 268 g/mol. The zero-order valence-electron chi connectivity index (χ0n) is 9.85. The second kappa shape index (κ2) is 5.80. The molecule has 2 rings (SSSR count). The maximum atomic E-state index is 9.37. The molecule has 0 spiro atoms. The second-order valence-electron chi connectivity index (χ2n) is 4.27. The van der Waals surface area contributed by atoms with Gasteiger partial charge in [0.15, 0.2) is 4.34 Å². The molecule has 1 heterocycles. The molecule has 2 atom stereocenters. The van der Waals surface area contributed by atoms with Gasteiger partial charge >= 0.3 is 0 Å². The van der Waals surface area contributed by atoms with Crippen LogP contribution in [0, 0.1) is 11.3 Å². The minimum Gasteiger partial charge on any atom is -0.300 e. The number of nitriles is 1. The Morgan fingerprint density at radius 3 is 3.29 bits per heavy atom. The van der Waals surface area contributed by atoms with E-state index in [2.05, 4.69) is 28.5 Å². The van der Waals surface area contributed by atoms with Crippen molar-refractivity contribution >= 4 is 23.1 Å². The zero-order valence-corrected chi connectivity index (χ0v) is 11.5. The highest BCUT2D eigenvalue weighted by molar-refractivity contribution is 8.01. The molecule has 6 heteroatoms. The summed E-state index contributed by atoms with van der Waals surface area (Å²) >= 11 is 3.34. The number of hydrogen-bond acceptors (Lipinski definition) is 6. The Balaban J connectivity index is 1.99. The minimum absolute atomic E-state index is 0.324. The van der Waals surface area contributed by atoms with Gasteiger partial charge in [0.1, 0.15) is 11.0 Å². The molecule has 0 radical (unpaired) electrons. The number of nitrogens with one attached hydrogen (secondary N) is 1. The first kappa shape index (κ1) is 12.8. The SMILES string of the molecule is CCNC1(C#N)CCCC(Sc2nncs2)C1. The van der Waals surface area contributed by atoms with Crippen LogP contribution >= 0.6 is 23.1 Å². The molecule has 1 aliphatic carbocycles. The lowest BCUT2D eigenvalue weighted by atomic mass is 9.82. The van der Waals surface area contributed by atoms with E-state index in [1.165, 1.54) is 6.42 Å². The standard InChI is InChI=1S/C11H16N4S2/c1-2-13-11(7-12)5-3-4-9(6-11)17-10-15-14-8-16-10/h8-9,13H,2-6H2,1H3. The molecule has 1 N–H and O–H groups in total. The van der Waals surface area contributed by atoms with Crippen LogP contribution in [0.5, 0.6) is 0 Å². The summed E-state index contributed by atoms with van der Waals surface area (Å²) in [5, 5.41) is 21.1. The predicted molar refractivity (Wildman–Crippen MR) is 70.0 cm³/mol. The van der Waals surface area contributed by atoms with E-state index in [-0.39, 0.29) is 5.54 Å². The lowest BCUT2D eigenvalue weighted by molar-refractivity contribution is 0.309. The fourth-order valence-electron chi connectivity index (χ4n) is 2.32. The number of thioether (sulfide) groups is 1. The van der Waals surface area contributed by atoms with Gasteiger partial charge in [0, 0.05) is 5.25 Å². The number of aromatic nitrogens is 2. The van der Waals surface area contributed by atoms with E-state index in [9.17, 15) is 5.26 Å². The van der Waals surface area contributed by atoms with Crippen LogP contribution in [0.25, 0.3) is 0 Å². The van der Waals surface area contributed by atoms with Crippen LogP contribution in [0.3, 0.4) is 0 Å². The van der Waals surface area contributed by atoms with Crippen LogP contribution in [0.15, 0.2) is 9.85 Å². The van der Waals surface area contributed by atoms with Gasteiger partial charge in [-0.3, -0.25) is 5.32 Å². The Bertz CT molecular complexity index is 383. The molecule has 0 saturated heterocycles. The summed E-state index contributed by atoms with van der Waals surface area (Å²) in [4.78, 5) is 0. The molecule has 0 bridgehead atoms. The van der Waals surface area contributed by atoms with E-state index in [4.69, 9.17) is 0 Å². The van der Waals surface area contributed by atoms with Gasteiger partial charge in [0.05, 0.1) is 6.07 Å². The Hall–Kier alpha value is -0.640. The largest absolute Gasteiger partial charge is 0.300 e. The first-order chi connectivity index (χ1) is 8.28. The van der Waals surface area contributed by atoms with Gasteiger partial charge in [-0.05, 0) is 32.2 Å². The number of hydrogen-bond donors (Lipinski definition) is 1. The van der Waals surface area contributed by atoms with E-state index >= 15 is 0 Å². The molecular weight excluding hydrogens is 252 g/mol. The van der Waals surface area contributed by atoms with Crippen molar-refractivity contribution in [1.29, 1.82) is 5.26 Å². The highest BCUT2D eigenvalue weighted by Gasteiger charge is 2.36. The molecule has 0 aliphatic heterocycles. The minimum atomic E-state index is -0.324. The number of nitrogens with zero attached hydrogens (tertiary/aromatic N) is 3. The van der Waals surface area contributed by atoms with E-state index in [0.29, 0.717) is 5.25 Å². The molecule has 1 aromatic rings. The highest BCUT2D eigenvalue weighted by Crippen LogP contribution is 2.38. The van der Waals surface area contributed by atoms with Crippen molar-refractivity contribution < 1.29 is 0 Å². The maximum Gasteiger partial charge on any atom is 0.174 e. The van der Waals surface area contributed by atoms with Crippen LogP contribution in [-0.2, 0) is 0 Å². The quantitative estimate of drug-likeness (QED) is 0.909. The predicted octanol–water partition coefficient (Wildman–Crippen LogP) is 2.44. The lowest BCUT2D eigenvalue weighted by Crippen LogP contribution is -2.48. The fourth-order valence-corrected chi connectivity index (χ4v) is 4.39. The van der Waals surface area contributed by atoms with E-state index in [1.54, 1.807) is 28.6 Å².